The fraction of sp³-hybridized carbons (Fsp3) is 0.417. The summed E-state index contributed by atoms with van der Waals surface area (Å²) in [6.07, 6.45) is 1.62. The van der Waals surface area contributed by atoms with Gasteiger partial charge in [0.05, 0.1) is 18.2 Å². The molecule has 1 aliphatic heterocycles. The number of carbonyl (C=O) groups is 2. The van der Waals surface area contributed by atoms with Gasteiger partial charge < -0.3 is 14.2 Å². The molecule has 1 amide bonds. The van der Waals surface area contributed by atoms with E-state index in [-0.39, 0.29) is 12.5 Å². The second-order valence-corrected chi connectivity index (χ2v) is 3.91. The van der Waals surface area contributed by atoms with Crippen LogP contribution in [-0.4, -0.2) is 41.0 Å². The number of hydrogen-bond donors (Lipinski definition) is 0. The third-order valence-corrected chi connectivity index (χ3v) is 2.79. The minimum Gasteiger partial charge on any atom is -0.462 e. The second kappa shape index (κ2) is 4.92. The number of amides is 1. The van der Waals surface area contributed by atoms with Crippen LogP contribution in [0.15, 0.2) is 12.3 Å². The molecule has 0 fully saturated rings. The Morgan fingerprint density at radius 2 is 2.33 bits per heavy atom. The van der Waals surface area contributed by atoms with Crippen LogP contribution in [-0.2, 0) is 11.3 Å². The van der Waals surface area contributed by atoms with Crippen molar-refractivity contribution in [2.75, 3.05) is 19.7 Å². The van der Waals surface area contributed by atoms with Crippen molar-refractivity contribution >= 4 is 11.9 Å². The smallest absolute Gasteiger partial charge is 0.339 e. The van der Waals surface area contributed by atoms with E-state index in [4.69, 9.17) is 10.00 Å². The van der Waals surface area contributed by atoms with Gasteiger partial charge in [-0.3, -0.25) is 4.79 Å². The van der Waals surface area contributed by atoms with Crippen molar-refractivity contribution in [3.8, 4) is 6.07 Å². The number of hydrogen-bond acceptors (Lipinski definition) is 4. The zero-order chi connectivity index (χ0) is 13.1. The Hall–Kier alpha value is -2.29. The van der Waals surface area contributed by atoms with Gasteiger partial charge in [-0.05, 0) is 13.0 Å². The topological polar surface area (TPSA) is 75.3 Å². The van der Waals surface area contributed by atoms with Crippen molar-refractivity contribution in [2.24, 2.45) is 0 Å². The standard InChI is InChI=1S/C12H13N3O3/c1-2-18-12(17)9-7-10-11(16)14(4-3-13)5-6-15(10)8-9/h7-8H,2,4-6H2,1H3. The Balaban J connectivity index is 2.25. The van der Waals surface area contributed by atoms with Gasteiger partial charge in [0.15, 0.2) is 0 Å². The number of ether oxygens (including phenoxy) is 1. The van der Waals surface area contributed by atoms with Gasteiger partial charge in [0.1, 0.15) is 12.2 Å². The summed E-state index contributed by atoms with van der Waals surface area (Å²) in [6.45, 7) is 3.17. The first-order valence-corrected chi connectivity index (χ1v) is 5.71. The molecular formula is C12H13N3O3. The Labute approximate surface area is 104 Å². The number of rotatable bonds is 3. The highest BCUT2D eigenvalue weighted by Crippen LogP contribution is 2.17. The summed E-state index contributed by atoms with van der Waals surface area (Å²) in [4.78, 5) is 25.0. The molecule has 0 N–H and O–H groups in total. The molecule has 0 spiro atoms. The first-order chi connectivity index (χ1) is 8.67. The van der Waals surface area contributed by atoms with Gasteiger partial charge >= 0.3 is 5.97 Å². The van der Waals surface area contributed by atoms with Crippen LogP contribution in [0, 0.1) is 11.3 Å². The maximum Gasteiger partial charge on any atom is 0.339 e. The zero-order valence-corrected chi connectivity index (χ0v) is 10.0. The molecule has 0 atom stereocenters. The molecule has 0 aromatic carbocycles. The second-order valence-electron chi connectivity index (χ2n) is 3.91. The van der Waals surface area contributed by atoms with Crippen LogP contribution in [0.2, 0.25) is 0 Å². The molecule has 6 nitrogen and oxygen atoms in total. The lowest BCUT2D eigenvalue weighted by molar-refractivity contribution is 0.0526. The van der Waals surface area contributed by atoms with E-state index in [9.17, 15) is 9.59 Å². The average Bonchev–Trinajstić information content (AvgIpc) is 2.78. The normalized spacial score (nSPS) is 14.0. The summed E-state index contributed by atoms with van der Waals surface area (Å²) in [7, 11) is 0. The van der Waals surface area contributed by atoms with Crippen LogP contribution in [0.4, 0.5) is 0 Å². The third-order valence-electron chi connectivity index (χ3n) is 2.79. The molecule has 0 unspecified atom stereocenters. The minimum atomic E-state index is -0.431. The molecule has 1 aliphatic rings. The predicted octanol–water partition coefficient (Wildman–Crippen LogP) is 0.644. The Morgan fingerprint density at radius 3 is 3.00 bits per heavy atom. The van der Waals surface area contributed by atoms with Crippen molar-refractivity contribution in [1.29, 1.82) is 5.26 Å². The Morgan fingerprint density at radius 1 is 1.56 bits per heavy atom. The lowest BCUT2D eigenvalue weighted by Gasteiger charge is -2.25. The highest BCUT2D eigenvalue weighted by atomic mass is 16.5. The van der Waals surface area contributed by atoms with E-state index in [0.717, 1.165) is 0 Å². The molecule has 6 heteroatoms. The van der Waals surface area contributed by atoms with E-state index in [2.05, 4.69) is 0 Å². The molecular weight excluding hydrogens is 234 g/mol. The maximum absolute atomic E-state index is 12.0. The minimum absolute atomic E-state index is 0.0682. The third kappa shape index (κ3) is 2.07. The van der Waals surface area contributed by atoms with E-state index in [1.807, 2.05) is 6.07 Å². The van der Waals surface area contributed by atoms with Crippen LogP contribution in [0.3, 0.4) is 0 Å². The number of carbonyl (C=O) groups excluding carboxylic acids is 2. The van der Waals surface area contributed by atoms with Gasteiger partial charge in [0.25, 0.3) is 5.91 Å². The van der Waals surface area contributed by atoms with Gasteiger partial charge in [-0.2, -0.15) is 5.26 Å². The number of fused-ring (bicyclic) bond motifs is 1. The van der Waals surface area contributed by atoms with Gasteiger partial charge in [-0.25, -0.2) is 4.79 Å². The first-order valence-electron chi connectivity index (χ1n) is 5.71. The molecule has 1 aromatic rings. The van der Waals surface area contributed by atoms with Gasteiger partial charge in [-0.1, -0.05) is 0 Å². The summed E-state index contributed by atoms with van der Waals surface area (Å²) >= 11 is 0. The molecule has 0 saturated carbocycles. The van der Waals surface area contributed by atoms with Crippen LogP contribution in [0.25, 0.3) is 0 Å². The molecule has 18 heavy (non-hydrogen) atoms. The van der Waals surface area contributed by atoms with E-state index in [1.54, 1.807) is 17.7 Å². The SMILES string of the molecule is CCOC(=O)c1cc2n(c1)CCN(CC#N)C2=O. The number of nitrogens with zero attached hydrogens (tertiary/aromatic N) is 3. The van der Waals surface area contributed by atoms with Crippen LogP contribution < -0.4 is 0 Å². The summed E-state index contributed by atoms with van der Waals surface area (Å²) in [6, 6.07) is 3.47. The van der Waals surface area contributed by atoms with E-state index >= 15 is 0 Å². The van der Waals surface area contributed by atoms with Crippen molar-refractivity contribution < 1.29 is 14.3 Å². The number of aromatic nitrogens is 1. The summed E-state index contributed by atoms with van der Waals surface area (Å²) in [5.41, 5.74) is 0.804. The Bertz CT molecular complexity index is 527. The molecule has 2 heterocycles. The summed E-state index contributed by atoms with van der Waals surface area (Å²) in [5.74, 6) is -0.655. The van der Waals surface area contributed by atoms with Gasteiger partial charge in [0.2, 0.25) is 0 Å². The average molecular weight is 247 g/mol. The molecule has 0 bridgehead atoms. The molecule has 0 saturated heterocycles. The highest BCUT2D eigenvalue weighted by molar-refractivity contribution is 5.98. The Kier molecular flexibility index (Phi) is 3.33. The van der Waals surface area contributed by atoms with Crippen LogP contribution in [0.5, 0.6) is 0 Å². The fourth-order valence-electron chi connectivity index (χ4n) is 1.93. The molecule has 94 valence electrons. The van der Waals surface area contributed by atoms with Gasteiger partial charge in [0, 0.05) is 19.3 Å². The first kappa shape index (κ1) is 12.2. The summed E-state index contributed by atoms with van der Waals surface area (Å²) < 4.78 is 6.61. The fourth-order valence-corrected chi connectivity index (χ4v) is 1.93. The zero-order valence-electron chi connectivity index (χ0n) is 10.0. The van der Waals surface area contributed by atoms with Crippen molar-refractivity contribution in [3.05, 3.63) is 23.5 Å². The van der Waals surface area contributed by atoms with Crippen LogP contribution >= 0.6 is 0 Å². The van der Waals surface area contributed by atoms with Crippen LogP contribution in [0.1, 0.15) is 27.8 Å². The number of nitriles is 1. The summed E-state index contributed by atoms with van der Waals surface area (Å²) in [5, 5.41) is 8.62. The van der Waals surface area contributed by atoms with E-state index < -0.39 is 5.97 Å². The molecule has 0 aliphatic carbocycles. The highest BCUT2D eigenvalue weighted by Gasteiger charge is 2.26. The lowest BCUT2D eigenvalue weighted by atomic mass is 10.2. The van der Waals surface area contributed by atoms with Crippen molar-refractivity contribution in [1.82, 2.24) is 9.47 Å². The van der Waals surface area contributed by atoms with Gasteiger partial charge in [-0.15, -0.1) is 0 Å². The molecule has 0 radical (unpaired) electrons. The molecule has 2 rings (SSSR count). The largest absolute Gasteiger partial charge is 0.462 e. The molecule has 1 aromatic heterocycles. The van der Waals surface area contributed by atoms with Crippen molar-refractivity contribution in [2.45, 2.75) is 13.5 Å². The number of esters is 1. The maximum atomic E-state index is 12.0. The quantitative estimate of drug-likeness (QED) is 0.580. The lowest BCUT2D eigenvalue weighted by Crippen LogP contribution is -2.39. The predicted molar refractivity (Wildman–Crippen MR) is 61.9 cm³/mol. The van der Waals surface area contributed by atoms with E-state index in [1.165, 1.54) is 11.0 Å². The van der Waals surface area contributed by atoms with Crippen molar-refractivity contribution in [3.63, 3.8) is 0 Å². The van der Waals surface area contributed by atoms with E-state index in [0.29, 0.717) is 31.0 Å². The monoisotopic (exact) mass is 247 g/mol.